The van der Waals surface area contributed by atoms with Crippen LogP contribution in [-0.4, -0.2) is 52.3 Å². The second-order valence-electron chi connectivity index (χ2n) is 7.55. The van der Waals surface area contributed by atoms with Crippen LogP contribution in [0.3, 0.4) is 0 Å². The fraction of sp³-hybridized carbons (Fsp3) is 0.350. The number of rotatable bonds is 6. The van der Waals surface area contributed by atoms with Crippen molar-refractivity contribution in [3.63, 3.8) is 0 Å². The number of halogens is 3. The second kappa shape index (κ2) is 8.54. The molecule has 3 aromatic rings. The average Bonchev–Trinajstić information content (AvgIpc) is 3.43. The molecule has 2 aromatic heterocycles. The fourth-order valence-electron chi connectivity index (χ4n) is 3.37. The van der Waals surface area contributed by atoms with Crippen LogP contribution in [0.25, 0.3) is 10.6 Å². The Balaban J connectivity index is 1.62. The molecule has 8 nitrogen and oxygen atoms in total. The Kier molecular flexibility index (Phi) is 6.05. The molecule has 0 aliphatic carbocycles. The van der Waals surface area contributed by atoms with Gasteiger partial charge in [0, 0.05) is 17.7 Å². The van der Waals surface area contributed by atoms with Gasteiger partial charge in [0.05, 0.1) is 17.7 Å². The summed E-state index contributed by atoms with van der Waals surface area (Å²) in [6.45, 7) is 0.374. The number of fused-ring (bicyclic) bond motifs is 1. The maximum atomic E-state index is 13.0. The van der Waals surface area contributed by atoms with Crippen LogP contribution in [0.4, 0.5) is 18.9 Å². The molecular formula is C20H20F3N3O5S2. The number of aromatic nitrogens is 1. The van der Waals surface area contributed by atoms with E-state index < -0.39 is 22.0 Å². The summed E-state index contributed by atoms with van der Waals surface area (Å²) in [6, 6.07) is 6.70. The Bertz CT molecular complexity index is 1270. The summed E-state index contributed by atoms with van der Waals surface area (Å²) < 4.78 is 82.3. The third-order valence-corrected chi connectivity index (χ3v) is 8.13. The van der Waals surface area contributed by atoms with Crippen LogP contribution in [0.1, 0.15) is 11.3 Å². The molecule has 0 radical (unpaired) electrons. The van der Waals surface area contributed by atoms with Gasteiger partial charge in [0.15, 0.2) is 0 Å². The summed E-state index contributed by atoms with van der Waals surface area (Å²) in [5.41, 5.74) is 0.893. The molecule has 0 bridgehead atoms. The van der Waals surface area contributed by atoms with Crippen molar-refractivity contribution < 1.29 is 35.6 Å². The molecule has 1 aliphatic rings. The summed E-state index contributed by atoms with van der Waals surface area (Å²) in [5.74, 6) is -0.282. The van der Waals surface area contributed by atoms with Crippen molar-refractivity contribution in [3.05, 3.63) is 41.7 Å². The number of alkyl halides is 3. The molecular weight excluding hydrogens is 483 g/mol. The predicted octanol–water partition coefficient (Wildman–Crippen LogP) is 4.10. The van der Waals surface area contributed by atoms with Crippen molar-refractivity contribution in [2.45, 2.75) is 22.8 Å². The summed E-state index contributed by atoms with van der Waals surface area (Å²) in [5, 5.41) is 3.39. The molecule has 33 heavy (non-hydrogen) atoms. The van der Waals surface area contributed by atoms with Crippen molar-refractivity contribution in [2.75, 3.05) is 32.5 Å². The Morgan fingerprint density at radius 1 is 1.24 bits per heavy atom. The smallest absolute Gasteiger partial charge is 0.452 e. The van der Waals surface area contributed by atoms with Gasteiger partial charge >= 0.3 is 6.18 Å². The van der Waals surface area contributed by atoms with Crippen LogP contribution >= 0.6 is 11.3 Å². The number of likely N-dealkylation sites (N-methyl/N-ethyl adjacent to an activating group) is 1. The largest absolute Gasteiger partial charge is 0.496 e. The standard InChI is InChI=1S/C20H20F3N3O5S2/c1-26(2)11-8-12-15(29-3)5-4-13(19(12)30-10-11)25-33(27,28)18-7-6-16(32-18)14-9-17(31-24-14)20(21,22)23/h4-7,9,11,25H,8,10H2,1-3H3/t11-/m1/s1. The molecule has 0 fully saturated rings. The number of methoxy groups -OCH3 is 1. The van der Waals surface area contributed by atoms with Gasteiger partial charge in [-0.05, 0) is 44.8 Å². The molecule has 0 spiro atoms. The number of anilines is 1. The first-order valence-electron chi connectivity index (χ1n) is 9.65. The van der Waals surface area contributed by atoms with Gasteiger partial charge < -0.3 is 18.9 Å². The van der Waals surface area contributed by atoms with E-state index in [1.807, 2.05) is 19.0 Å². The number of nitrogens with zero attached hydrogens (tertiary/aromatic N) is 2. The number of nitrogens with one attached hydrogen (secondary N) is 1. The Hall–Kier alpha value is -2.77. The van der Waals surface area contributed by atoms with Gasteiger partial charge in [0.2, 0.25) is 5.76 Å². The molecule has 3 heterocycles. The number of hydrogen-bond donors (Lipinski definition) is 1. The SMILES string of the molecule is COc1ccc(NS(=O)(=O)c2ccc(-c3cc(C(F)(F)F)on3)s2)c2c1C[C@@H](N(C)C)CO2. The van der Waals surface area contributed by atoms with E-state index in [2.05, 4.69) is 14.4 Å². The van der Waals surface area contributed by atoms with E-state index in [0.29, 0.717) is 24.5 Å². The zero-order chi connectivity index (χ0) is 24.0. The fourth-order valence-corrected chi connectivity index (χ4v) is 5.69. The van der Waals surface area contributed by atoms with Crippen molar-refractivity contribution in [2.24, 2.45) is 0 Å². The first-order valence-corrected chi connectivity index (χ1v) is 12.0. The van der Waals surface area contributed by atoms with E-state index in [1.54, 1.807) is 12.1 Å². The minimum absolute atomic E-state index is 0.0967. The first-order chi connectivity index (χ1) is 15.5. The van der Waals surface area contributed by atoms with Gasteiger partial charge in [-0.3, -0.25) is 4.72 Å². The molecule has 13 heteroatoms. The lowest BCUT2D eigenvalue weighted by Gasteiger charge is -2.32. The highest BCUT2D eigenvalue weighted by Crippen LogP contribution is 2.41. The van der Waals surface area contributed by atoms with Gasteiger partial charge in [-0.25, -0.2) is 8.42 Å². The van der Waals surface area contributed by atoms with Gasteiger partial charge in [0.25, 0.3) is 10.0 Å². The number of hydrogen-bond acceptors (Lipinski definition) is 8. The highest BCUT2D eigenvalue weighted by molar-refractivity contribution is 7.94. The third-order valence-electron chi connectivity index (χ3n) is 5.16. The van der Waals surface area contributed by atoms with Crippen molar-refractivity contribution in [1.82, 2.24) is 10.1 Å². The summed E-state index contributed by atoms with van der Waals surface area (Å²) in [4.78, 5) is 2.23. The lowest BCUT2D eigenvalue weighted by molar-refractivity contribution is -0.155. The highest BCUT2D eigenvalue weighted by Gasteiger charge is 2.36. The normalized spacial score (nSPS) is 16.4. The summed E-state index contributed by atoms with van der Waals surface area (Å²) >= 11 is 0.773. The molecule has 0 amide bonds. The van der Waals surface area contributed by atoms with E-state index in [-0.39, 0.29) is 26.5 Å². The molecule has 1 aliphatic heterocycles. The molecule has 1 aromatic carbocycles. The van der Waals surface area contributed by atoms with Crippen LogP contribution in [0, 0.1) is 0 Å². The zero-order valence-corrected chi connectivity index (χ0v) is 19.4. The Labute approximate surface area is 191 Å². The van der Waals surface area contributed by atoms with E-state index in [9.17, 15) is 21.6 Å². The zero-order valence-electron chi connectivity index (χ0n) is 17.8. The van der Waals surface area contributed by atoms with E-state index in [0.717, 1.165) is 23.0 Å². The molecule has 4 rings (SSSR count). The predicted molar refractivity (Wildman–Crippen MR) is 115 cm³/mol. The lowest BCUT2D eigenvalue weighted by atomic mass is 10.00. The van der Waals surface area contributed by atoms with E-state index >= 15 is 0 Å². The average molecular weight is 504 g/mol. The topological polar surface area (TPSA) is 93.9 Å². The van der Waals surface area contributed by atoms with Crippen LogP contribution in [-0.2, 0) is 22.6 Å². The van der Waals surface area contributed by atoms with Crippen LogP contribution in [0.5, 0.6) is 11.5 Å². The number of ether oxygens (including phenoxy) is 2. The Morgan fingerprint density at radius 3 is 2.64 bits per heavy atom. The van der Waals surface area contributed by atoms with Crippen LogP contribution in [0.2, 0.25) is 0 Å². The monoisotopic (exact) mass is 503 g/mol. The minimum Gasteiger partial charge on any atom is -0.496 e. The van der Waals surface area contributed by atoms with Gasteiger partial charge in [-0.1, -0.05) is 5.16 Å². The van der Waals surface area contributed by atoms with Crippen molar-refractivity contribution in [3.8, 4) is 22.1 Å². The first kappa shape index (κ1) is 23.4. The minimum atomic E-state index is -4.68. The molecule has 0 saturated heterocycles. The number of benzene rings is 1. The Morgan fingerprint density at radius 2 is 2.00 bits per heavy atom. The summed E-state index contributed by atoms with van der Waals surface area (Å²) in [6.07, 6.45) is -4.07. The lowest BCUT2D eigenvalue weighted by Crippen LogP contribution is -2.38. The van der Waals surface area contributed by atoms with Gasteiger partial charge in [0.1, 0.15) is 28.0 Å². The number of sulfonamides is 1. The highest BCUT2D eigenvalue weighted by atomic mass is 32.2. The molecule has 1 atom stereocenters. The van der Waals surface area contributed by atoms with E-state index in [1.165, 1.54) is 19.2 Å². The molecule has 178 valence electrons. The van der Waals surface area contributed by atoms with E-state index in [4.69, 9.17) is 9.47 Å². The van der Waals surface area contributed by atoms with Crippen LogP contribution in [0.15, 0.2) is 39.1 Å². The second-order valence-corrected chi connectivity index (χ2v) is 10.5. The maximum Gasteiger partial charge on any atom is 0.452 e. The quantitative estimate of drug-likeness (QED) is 0.541. The molecule has 0 saturated carbocycles. The third kappa shape index (κ3) is 4.66. The summed E-state index contributed by atoms with van der Waals surface area (Å²) in [7, 11) is 1.34. The van der Waals surface area contributed by atoms with Crippen molar-refractivity contribution in [1.29, 1.82) is 0 Å². The number of thiophene rings is 1. The maximum absolute atomic E-state index is 13.0. The van der Waals surface area contributed by atoms with Crippen LogP contribution < -0.4 is 14.2 Å². The van der Waals surface area contributed by atoms with Gasteiger partial charge in [-0.15, -0.1) is 11.3 Å². The molecule has 1 N–H and O–H groups in total. The van der Waals surface area contributed by atoms with Gasteiger partial charge in [-0.2, -0.15) is 13.2 Å². The molecule has 0 unspecified atom stereocenters. The van der Waals surface area contributed by atoms with Crippen molar-refractivity contribution >= 4 is 27.0 Å².